The number of rotatable bonds is 10. The van der Waals surface area contributed by atoms with E-state index in [-0.39, 0.29) is 0 Å². The van der Waals surface area contributed by atoms with Crippen LogP contribution < -0.4 is 5.32 Å². The molecule has 1 aromatic carbocycles. The Kier molecular flexibility index (Phi) is 9.19. The summed E-state index contributed by atoms with van der Waals surface area (Å²) in [6.45, 7) is 11.2. The number of aryl methyl sites for hydroxylation is 3. The number of benzene rings is 1. The average molecular weight is 635 g/mol. The lowest BCUT2D eigenvalue weighted by Gasteiger charge is -2.34. The summed E-state index contributed by atoms with van der Waals surface area (Å²) < 4.78 is 9.24. The standard InChI is InChI=1S/C36H46N10O/c1-26-11-13-42(2)25-30(23-26)27-5-7-28(8-6-27)35-33-31(40-43(35)3)10-9-29-24-37-36(39-34(29)33)38-32-12-14-46(41-32)20-19-44-15-17-45(18-16-44)21-22-47-4/h5-8,12,14,23-25H,9-11,13,15-22H2,1-4H3,(H,37,38,39,41). The van der Waals surface area contributed by atoms with E-state index in [1.165, 1.54) is 16.7 Å². The third kappa shape index (κ3) is 7.02. The highest BCUT2D eigenvalue weighted by Gasteiger charge is 2.27. The minimum absolute atomic E-state index is 0.547. The van der Waals surface area contributed by atoms with E-state index in [1.807, 2.05) is 34.9 Å². The molecule has 0 bridgehead atoms. The second-order valence-electron chi connectivity index (χ2n) is 13.0. The minimum atomic E-state index is 0.547. The van der Waals surface area contributed by atoms with E-state index in [4.69, 9.17) is 19.9 Å². The Labute approximate surface area is 277 Å². The first-order valence-corrected chi connectivity index (χ1v) is 16.8. The van der Waals surface area contributed by atoms with E-state index in [0.29, 0.717) is 5.95 Å². The van der Waals surface area contributed by atoms with E-state index in [9.17, 15) is 0 Å². The summed E-state index contributed by atoms with van der Waals surface area (Å²) in [5.74, 6) is 1.29. The van der Waals surface area contributed by atoms with Crippen LogP contribution in [0.15, 0.2) is 60.6 Å². The van der Waals surface area contributed by atoms with Crippen molar-refractivity contribution in [2.24, 2.45) is 7.05 Å². The van der Waals surface area contributed by atoms with Gasteiger partial charge in [-0.3, -0.25) is 19.2 Å². The zero-order valence-electron chi connectivity index (χ0n) is 28.1. The number of aromatic nitrogens is 6. The number of hydrogen-bond donors (Lipinski definition) is 1. The van der Waals surface area contributed by atoms with Gasteiger partial charge in [-0.05, 0) is 42.9 Å². The number of allylic oxidation sites excluding steroid dienone is 2. The molecule has 0 radical (unpaired) electrons. The smallest absolute Gasteiger partial charge is 0.228 e. The lowest BCUT2D eigenvalue weighted by Crippen LogP contribution is -2.47. The Morgan fingerprint density at radius 1 is 0.851 bits per heavy atom. The third-order valence-corrected chi connectivity index (χ3v) is 9.57. The van der Waals surface area contributed by atoms with Crippen LogP contribution in [0.2, 0.25) is 0 Å². The second-order valence-corrected chi connectivity index (χ2v) is 13.0. The van der Waals surface area contributed by atoms with Crippen LogP contribution in [0.1, 0.15) is 30.2 Å². The summed E-state index contributed by atoms with van der Waals surface area (Å²) in [6, 6.07) is 10.9. The lowest BCUT2D eigenvalue weighted by atomic mass is 9.91. The summed E-state index contributed by atoms with van der Waals surface area (Å²) in [5, 5.41) is 13.1. The first kappa shape index (κ1) is 31.3. The molecular formula is C36H46N10O. The number of anilines is 2. The first-order valence-electron chi connectivity index (χ1n) is 16.8. The van der Waals surface area contributed by atoms with Crippen molar-refractivity contribution in [3.05, 3.63) is 77.4 Å². The highest BCUT2D eigenvalue weighted by molar-refractivity contribution is 5.85. The largest absolute Gasteiger partial charge is 0.383 e. The highest BCUT2D eigenvalue weighted by Crippen LogP contribution is 2.40. The van der Waals surface area contributed by atoms with Gasteiger partial charge in [0.15, 0.2) is 5.82 Å². The molecule has 3 aliphatic rings. The van der Waals surface area contributed by atoms with Crippen molar-refractivity contribution < 1.29 is 4.74 Å². The van der Waals surface area contributed by atoms with Crippen LogP contribution in [-0.2, 0) is 31.2 Å². The van der Waals surface area contributed by atoms with Gasteiger partial charge in [-0.1, -0.05) is 35.9 Å². The average Bonchev–Trinajstić information content (AvgIpc) is 3.63. The predicted molar refractivity (Wildman–Crippen MR) is 186 cm³/mol. The molecule has 11 heteroatoms. The SMILES string of the molecule is COCCN1CCN(CCn2ccc(Nc3ncc4c(n3)-c3c(nn(C)c3-c3ccc(C5=CN(C)CCC(C)=C5)cc3)CC4)n2)CC1. The zero-order chi connectivity index (χ0) is 32.3. The van der Waals surface area contributed by atoms with E-state index in [2.05, 4.69) is 75.5 Å². The van der Waals surface area contributed by atoms with Gasteiger partial charge in [0.25, 0.3) is 0 Å². The first-order chi connectivity index (χ1) is 22.9. The summed E-state index contributed by atoms with van der Waals surface area (Å²) in [7, 11) is 5.94. The molecule has 0 saturated carbocycles. The molecule has 1 aliphatic carbocycles. The van der Waals surface area contributed by atoms with E-state index in [0.717, 1.165) is 118 Å². The summed E-state index contributed by atoms with van der Waals surface area (Å²) in [5.41, 5.74) is 10.4. The third-order valence-electron chi connectivity index (χ3n) is 9.57. The maximum absolute atomic E-state index is 5.23. The maximum atomic E-state index is 5.23. The molecule has 47 heavy (non-hydrogen) atoms. The maximum Gasteiger partial charge on any atom is 0.228 e. The van der Waals surface area contributed by atoms with Crippen LogP contribution in [0.3, 0.4) is 0 Å². The van der Waals surface area contributed by atoms with Gasteiger partial charge in [-0.25, -0.2) is 9.97 Å². The highest BCUT2D eigenvalue weighted by atomic mass is 16.5. The van der Waals surface area contributed by atoms with Gasteiger partial charge in [-0.2, -0.15) is 10.2 Å². The van der Waals surface area contributed by atoms with Gasteiger partial charge in [0.1, 0.15) is 0 Å². The van der Waals surface area contributed by atoms with Crippen LogP contribution in [-0.4, -0.2) is 111 Å². The molecule has 11 nitrogen and oxygen atoms in total. The van der Waals surface area contributed by atoms with Crippen molar-refractivity contribution in [3.8, 4) is 22.5 Å². The van der Waals surface area contributed by atoms with Crippen molar-refractivity contribution >= 4 is 17.3 Å². The van der Waals surface area contributed by atoms with Crippen molar-refractivity contribution in [3.63, 3.8) is 0 Å². The van der Waals surface area contributed by atoms with Crippen LogP contribution in [0.25, 0.3) is 28.1 Å². The normalized spacial score (nSPS) is 17.1. The molecule has 7 rings (SSSR count). The Bertz CT molecular complexity index is 1760. The van der Waals surface area contributed by atoms with Gasteiger partial charge >= 0.3 is 0 Å². The molecule has 5 heterocycles. The summed E-state index contributed by atoms with van der Waals surface area (Å²) >= 11 is 0. The molecule has 0 atom stereocenters. The Balaban J connectivity index is 1.06. The fourth-order valence-electron chi connectivity index (χ4n) is 6.83. The second kappa shape index (κ2) is 13.8. The zero-order valence-corrected chi connectivity index (χ0v) is 28.1. The van der Waals surface area contributed by atoms with Crippen molar-refractivity contribution in [1.82, 2.24) is 44.2 Å². The van der Waals surface area contributed by atoms with Gasteiger partial charge in [0.05, 0.1) is 30.2 Å². The van der Waals surface area contributed by atoms with Crippen molar-refractivity contribution in [1.29, 1.82) is 0 Å². The van der Waals surface area contributed by atoms with Crippen molar-refractivity contribution in [2.45, 2.75) is 32.7 Å². The molecule has 0 unspecified atom stereocenters. The van der Waals surface area contributed by atoms with Crippen LogP contribution in [0, 0.1) is 0 Å². The van der Waals surface area contributed by atoms with Gasteiger partial charge in [-0.15, -0.1) is 0 Å². The quantitative estimate of drug-likeness (QED) is 0.271. The minimum Gasteiger partial charge on any atom is -0.383 e. The molecule has 3 aromatic heterocycles. The molecule has 2 aliphatic heterocycles. The molecule has 0 spiro atoms. The van der Waals surface area contributed by atoms with Crippen LogP contribution >= 0.6 is 0 Å². The number of piperazine rings is 1. The molecule has 246 valence electrons. The van der Waals surface area contributed by atoms with E-state index in [1.54, 1.807) is 7.11 Å². The molecule has 0 amide bonds. The molecular weight excluding hydrogens is 588 g/mol. The topological polar surface area (TPSA) is 92.4 Å². The van der Waals surface area contributed by atoms with Gasteiger partial charge in [0, 0.05) is 103 Å². The Morgan fingerprint density at radius 2 is 1.62 bits per heavy atom. The monoisotopic (exact) mass is 634 g/mol. The fourth-order valence-corrected chi connectivity index (χ4v) is 6.83. The van der Waals surface area contributed by atoms with E-state index < -0.39 is 0 Å². The van der Waals surface area contributed by atoms with Gasteiger partial charge < -0.3 is 15.0 Å². The molecule has 1 N–H and O–H groups in total. The lowest BCUT2D eigenvalue weighted by molar-refractivity contribution is 0.0948. The Morgan fingerprint density at radius 3 is 2.40 bits per heavy atom. The fraction of sp³-hybridized carbons (Fsp3) is 0.444. The molecule has 1 saturated heterocycles. The molecule has 4 aromatic rings. The van der Waals surface area contributed by atoms with Crippen LogP contribution in [0.4, 0.5) is 11.8 Å². The van der Waals surface area contributed by atoms with Crippen molar-refractivity contribution in [2.75, 3.05) is 71.9 Å². The predicted octanol–water partition coefficient (Wildman–Crippen LogP) is 4.47. The number of nitrogens with zero attached hydrogens (tertiary/aromatic N) is 9. The van der Waals surface area contributed by atoms with Crippen LogP contribution in [0.5, 0.6) is 0 Å². The Hall–Kier alpha value is -4.32. The summed E-state index contributed by atoms with van der Waals surface area (Å²) in [4.78, 5) is 17.0. The number of fused-ring (bicyclic) bond motifs is 3. The number of nitrogens with one attached hydrogen (secondary N) is 1. The van der Waals surface area contributed by atoms with Gasteiger partial charge in [0.2, 0.25) is 5.95 Å². The number of ether oxygens (including phenoxy) is 1. The molecule has 1 fully saturated rings. The number of hydrogen-bond acceptors (Lipinski definition) is 9. The summed E-state index contributed by atoms with van der Waals surface area (Å²) in [6.07, 6.45) is 11.4. The number of methoxy groups -OCH3 is 1. The van der Waals surface area contributed by atoms with E-state index >= 15 is 0 Å².